The molecule has 0 heterocycles. The summed E-state index contributed by atoms with van der Waals surface area (Å²) >= 11 is 0. The normalized spacial score (nSPS) is 14.1. The van der Waals surface area contributed by atoms with Crippen LogP contribution in [0.15, 0.2) is 48.5 Å². The van der Waals surface area contributed by atoms with Gasteiger partial charge >= 0.3 is 0 Å². The molecule has 1 unspecified atom stereocenters. The van der Waals surface area contributed by atoms with E-state index in [4.69, 9.17) is 0 Å². The molecule has 0 spiro atoms. The molecule has 226 valence electrons. The van der Waals surface area contributed by atoms with Crippen LogP contribution in [0, 0.1) is 81.3 Å². The highest BCUT2D eigenvalue weighted by atomic mass is 19.2. The summed E-state index contributed by atoms with van der Waals surface area (Å²) in [4.78, 5) is 0. The Labute approximate surface area is 247 Å². The van der Waals surface area contributed by atoms with Crippen LogP contribution in [0.5, 0.6) is 0 Å². The maximum Gasteiger partial charge on any atom is 0.169 e. The lowest BCUT2D eigenvalue weighted by Crippen LogP contribution is -2.14. The largest absolute Gasteiger partial charge is 0.206 e. The number of hydrogen-bond acceptors (Lipinski definition) is 0. The first-order chi connectivity index (χ1) is 20.2. The summed E-state index contributed by atoms with van der Waals surface area (Å²) in [6.45, 7) is 10.1. The Morgan fingerprint density at radius 2 is 1.09 bits per heavy atom. The molecule has 0 aromatic heterocycles. The highest BCUT2D eigenvalue weighted by molar-refractivity contribution is 5.85. The lowest BCUT2D eigenvalue weighted by atomic mass is 9.84. The molecule has 1 aliphatic rings. The first-order valence-corrected chi connectivity index (χ1v) is 14.1. The van der Waals surface area contributed by atoms with Crippen molar-refractivity contribution in [2.45, 2.75) is 60.8 Å². The molecule has 0 fully saturated rings. The first-order valence-electron chi connectivity index (χ1n) is 14.1. The molecule has 1 atom stereocenters. The predicted molar refractivity (Wildman–Crippen MR) is 159 cm³/mol. The number of aryl methyl sites for hydroxylation is 6. The van der Waals surface area contributed by atoms with Gasteiger partial charge in [0.1, 0.15) is 5.82 Å². The molecule has 0 saturated carbocycles. The van der Waals surface area contributed by atoms with E-state index in [0.29, 0.717) is 45.4 Å². The molecule has 0 aliphatic heterocycles. The van der Waals surface area contributed by atoms with Gasteiger partial charge in [0.15, 0.2) is 34.9 Å². The molecule has 0 saturated heterocycles. The lowest BCUT2D eigenvalue weighted by Gasteiger charge is -2.22. The fourth-order valence-electron chi connectivity index (χ4n) is 5.35. The Bertz CT molecular complexity index is 1840. The molecule has 43 heavy (non-hydrogen) atoms. The van der Waals surface area contributed by atoms with Crippen molar-refractivity contribution >= 4 is 21.5 Å². The molecule has 0 N–H and O–H groups in total. The van der Waals surface area contributed by atoms with Crippen LogP contribution in [0.1, 0.15) is 52.3 Å². The zero-order valence-electron chi connectivity index (χ0n) is 25.0. The third-order valence-corrected chi connectivity index (χ3v) is 7.90. The van der Waals surface area contributed by atoms with E-state index in [0.717, 1.165) is 29.4 Å². The van der Waals surface area contributed by atoms with Crippen molar-refractivity contribution in [3.63, 3.8) is 0 Å². The second-order valence-corrected chi connectivity index (χ2v) is 11.5. The van der Waals surface area contributed by atoms with Crippen LogP contribution in [0.4, 0.5) is 30.7 Å². The zero-order valence-corrected chi connectivity index (χ0v) is 25.0. The minimum atomic E-state index is -1.11. The third-order valence-electron chi connectivity index (χ3n) is 7.90. The third kappa shape index (κ3) is 6.56. The van der Waals surface area contributed by atoms with E-state index < -0.39 is 40.7 Å². The predicted octanol–water partition coefficient (Wildman–Crippen LogP) is 11.0. The molecule has 0 amide bonds. The van der Waals surface area contributed by atoms with Gasteiger partial charge < -0.3 is 0 Å². The Kier molecular flexibility index (Phi) is 9.53. The molecule has 0 radical (unpaired) electrons. The van der Waals surface area contributed by atoms with Crippen molar-refractivity contribution in [2.75, 3.05) is 0 Å². The Morgan fingerprint density at radius 3 is 1.77 bits per heavy atom. The quantitative estimate of drug-likeness (QED) is 0.156. The maximum absolute atomic E-state index is 13.6. The minimum absolute atomic E-state index is 0.184. The van der Waals surface area contributed by atoms with Crippen molar-refractivity contribution < 1.29 is 30.7 Å². The molecule has 0 nitrogen and oxygen atoms in total. The molecule has 0 bridgehead atoms. The van der Waals surface area contributed by atoms with E-state index in [1.165, 1.54) is 19.9 Å². The Morgan fingerprint density at radius 1 is 0.535 bits per heavy atom. The number of halogens is 7. The summed E-state index contributed by atoms with van der Waals surface area (Å²) in [5.41, 5.74) is 3.80. The summed E-state index contributed by atoms with van der Waals surface area (Å²) in [6.07, 6.45) is 2.64. The number of fused-ring (bicyclic) bond motifs is 3. The Balaban J connectivity index is 0.000000148. The lowest BCUT2D eigenvalue weighted by molar-refractivity contribution is 0.446. The van der Waals surface area contributed by atoms with Crippen LogP contribution in [0.2, 0.25) is 0 Å². The van der Waals surface area contributed by atoms with Gasteiger partial charge in [-0.2, -0.15) is 0 Å². The SMILES string of the molecule is Cc1cc2c(c(F)c1F)CC(C)CC2.Cc1cc2ccc(C)c(F)c2c(F)c1F.Cc1ccc2cc(C)c(F)c(F)c2c1. The molecular formula is C36H33F7. The van der Waals surface area contributed by atoms with E-state index in [-0.39, 0.29) is 10.9 Å². The van der Waals surface area contributed by atoms with Gasteiger partial charge in [0.2, 0.25) is 0 Å². The highest BCUT2D eigenvalue weighted by Crippen LogP contribution is 2.30. The van der Waals surface area contributed by atoms with Crippen LogP contribution < -0.4 is 0 Å². The van der Waals surface area contributed by atoms with Crippen molar-refractivity contribution in [1.82, 2.24) is 0 Å². The summed E-state index contributed by atoms with van der Waals surface area (Å²) in [7, 11) is 0. The molecule has 6 rings (SSSR count). The van der Waals surface area contributed by atoms with Crippen molar-refractivity contribution in [2.24, 2.45) is 5.92 Å². The topological polar surface area (TPSA) is 0 Å². The van der Waals surface area contributed by atoms with Crippen LogP contribution in [0.25, 0.3) is 21.5 Å². The van der Waals surface area contributed by atoms with Gasteiger partial charge in [-0.25, -0.2) is 30.7 Å². The standard InChI is InChI=1S/C12H9F3.C12H14F2.C12H10F2/c1-6-3-4-8-5-7(2)11(14)12(15)9(8)10(6)13;2*1-7-3-4-9-6-8(2)11(13)12(14)10(9)5-7/h3-5H,1-2H3;6-7H,3-5H2,1-2H3;3-6H,1-2H3. The molecule has 7 heteroatoms. The van der Waals surface area contributed by atoms with Gasteiger partial charge in [-0.15, -0.1) is 0 Å². The minimum Gasteiger partial charge on any atom is -0.206 e. The number of rotatable bonds is 0. The van der Waals surface area contributed by atoms with Gasteiger partial charge in [0.05, 0.1) is 5.39 Å². The highest BCUT2D eigenvalue weighted by Gasteiger charge is 2.22. The van der Waals surface area contributed by atoms with E-state index in [1.54, 1.807) is 50.2 Å². The van der Waals surface area contributed by atoms with Gasteiger partial charge in [-0.05, 0) is 122 Å². The van der Waals surface area contributed by atoms with Gasteiger partial charge in [0, 0.05) is 5.39 Å². The van der Waals surface area contributed by atoms with Gasteiger partial charge in [-0.1, -0.05) is 42.8 Å². The smallest absolute Gasteiger partial charge is 0.169 e. The van der Waals surface area contributed by atoms with E-state index >= 15 is 0 Å². The number of hydrogen-bond donors (Lipinski definition) is 0. The van der Waals surface area contributed by atoms with Gasteiger partial charge in [0.25, 0.3) is 0 Å². The monoisotopic (exact) mass is 598 g/mol. The van der Waals surface area contributed by atoms with Gasteiger partial charge in [-0.3, -0.25) is 0 Å². The van der Waals surface area contributed by atoms with Crippen molar-refractivity contribution in [1.29, 1.82) is 0 Å². The fraction of sp³-hybridized carbons (Fsp3) is 0.278. The summed E-state index contributed by atoms with van der Waals surface area (Å²) in [5.74, 6) is -5.09. The van der Waals surface area contributed by atoms with Crippen LogP contribution in [0.3, 0.4) is 0 Å². The van der Waals surface area contributed by atoms with Crippen LogP contribution >= 0.6 is 0 Å². The van der Waals surface area contributed by atoms with E-state index in [2.05, 4.69) is 6.92 Å². The van der Waals surface area contributed by atoms with E-state index in [1.807, 2.05) is 13.0 Å². The first kappa shape index (κ1) is 32.1. The van der Waals surface area contributed by atoms with E-state index in [9.17, 15) is 30.7 Å². The average molecular weight is 599 g/mol. The summed E-state index contributed by atoms with van der Waals surface area (Å²) in [6, 6.07) is 13.4. The van der Waals surface area contributed by atoms with Crippen LogP contribution in [-0.4, -0.2) is 0 Å². The summed E-state index contributed by atoms with van der Waals surface area (Å²) < 4.78 is 93.8. The van der Waals surface area contributed by atoms with Crippen molar-refractivity contribution in [3.8, 4) is 0 Å². The number of benzene rings is 5. The maximum atomic E-state index is 13.6. The fourth-order valence-corrected chi connectivity index (χ4v) is 5.35. The van der Waals surface area contributed by atoms with Crippen molar-refractivity contribution in [3.05, 3.63) is 128 Å². The molecular weight excluding hydrogens is 565 g/mol. The molecule has 5 aromatic carbocycles. The van der Waals surface area contributed by atoms with Crippen LogP contribution in [-0.2, 0) is 12.8 Å². The zero-order chi connectivity index (χ0) is 31.7. The second-order valence-electron chi connectivity index (χ2n) is 11.5. The molecule has 5 aromatic rings. The molecule has 1 aliphatic carbocycles. The second kappa shape index (κ2) is 12.8. The summed E-state index contributed by atoms with van der Waals surface area (Å²) in [5, 5.41) is 1.22. The average Bonchev–Trinajstić information content (AvgIpc) is 2.97. The Hall–Kier alpha value is -3.87.